The van der Waals surface area contributed by atoms with E-state index in [1.807, 2.05) is 6.07 Å². The molecule has 0 bridgehead atoms. The van der Waals surface area contributed by atoms with E-state index < -0.39 is 11.7 Å². The smallest absolute Gasteiger partial charge is 0.420 e. The fourth-order valence-electron chi connectivity index (χ4n) is 3.27. The van der Waals surface area contributed by atoms with Crippen LogP contribution < -0.4 is 10.5 Å². The zero-order valence-electron chi connectivity index (χ0n) is 16.9. The highest BCUT2D eigenvalue weighted by Gasteiger charge is 2.14. The van der Waals surface area contributed by atoms with Crippen LogP contribution in [-0.2, 0) is 11.3 Å². The number of ketones is 1. The van der Waals surface area contributed by atoms with Crippen molar-refractivity contribution in [2.24, 2.45) is 0 Å². The van der Waals surface area contributed by atoms with Crippen LogP contribution in [0.3, 0.4) is 0 Å². The molecule has 0 spiro atoms. The lowest BCUT2D eigenvalue weighted by Gasteiger charge is -2.07. The van der Waals surface area contributed by atoms with Crippen molar-refractivity contribution in [3.63, 3.8) is 0 Å². The van der Waals surface area contributed by atoms with Gasteiger partial charge in [-0.1, -0.05) is 42.5 Å². The Balaban J connectivity index is 1.44. The number of aliphatic carboxylic acids is 1. The third kappa shape index (κ3) is 4.67. The molecule has 0 atom stereocenters. The Labute approximate surface area is 182 Å². The summed E-state index contributed by atoms with van der Waals surface area (Å²) in [6.07, 6.45) is 2.55. The zero-order chi connectivity index (χ0) is 22.5. The quantitative estimate of drug-likeness (QED) is 0.336. The van der Waals surface area contributed by atoms with Crippen LogP contribution in [0.25, 0.3) is 17.2 Å². The van der Waals surface area contributed by atoms with Crippen molar-refractivity contribution in [1.82, 2.24) is 4.57 Å². The van der Waals surface area contributed by atoms with Crippen molar-refractivity contribution in [1.29, 1.82) is 0 Å². The zero-order valence-corrected chi connectivity index (χ0v) is 16.9. The van der Waals surface area contributed by atoms with E-state index in [2.05, 4.69) is 0 Å². The summed E-state index contributed by atoms with van der Waals surface area (Å²) in [7, 11) is 0. The topological polar surface area (TPSA) is 98.7 Å². The first-order valence-corrected chi connectivity index (χ1v) is 9.88. The number of rotatable bonds is 8. The van der Waals surface area contributed by atoms with Crippen molar-refractivity contribution >= 4 is 28.9 Å². The number of ether oxygens (including phenoxy) is 1. The van der Waals surface area contributed by atoms with Crippen LogP contribution in [0.5, 0.6) is 5.75 Å². The largest absolute Gasteiger partial charge is 0.492 e. The molecule has 7 heteroatoms. The third-order valence-corrected chi connectivity index (χ3v) is 4.85. The minimum atomic E-state index is -1.01. The highest BCUT2D eigenvalue weighted by atomic mass is 16.5. The second-order valence-electron chi connectivity index (χ2n) is 6.99. The maximum absolute atomic E-state index is 12.6. The van der Waals surface area contributed by atoms with E-state index in [0.717, 1.165) is 11.6 Å². The van der Waals surface area contributed by atoms with Crippen LogP contribution in [0.15, 0.2) is 88.1 Å². The van der Waals surface area contributed by atoms with Gasteiger partial charge in [-0.05, 0) is 42.0 Å². The molecule has 0 saturated carbocycles. The maximum Gasteiger partial charge on any atom is 0.420 e. The van der Waals surface area contributed by atoms with Gasteiger partial charge >= 0.3 is 11.7 Å². The summed E-state index contributed by atoms with van der Waals surface area (Å²) in [6, 6.07) is 20.8. The summed E-state index contributed by atoms with van der Waals surface area (Å²) in [6.45, 7) is 0.488. The van der Waals surface area contributed by atoms with Crippen molar-refractivity contribution < 1.29 is 23.8 Å². The molecule has 0 amide bonds. The molecule has 0 aliphatic heterocycles. The summed E-state index contributed by atoms with van der Waals surface area (Å²) in [4.78, 5) is 35.5. The summed E-state index contributed by atoms with van der Waals surface area (Å²) in [5, 5.41) is 8.66. The number of carboxylic acid groups (broad SMARTS) is 1. The average molecular weight is 429 g/mol. The molecule has 0 aliphatic rings. The molecule has 3 aromatic carbocycles. The molecule has 1 N–H and O–H groups in total. The number of benzene rings is 3. The average Bonchev–Trinajstić information content (AvgIpc) is 3.12. The summed E-state index contributed by atoms with van der Waals surface area (Å²) in [5.74, 6) is -1.09. The molecule has 0 fully saturated rings. The lowest BCUT2D eigenvalue weighted by molar-refractivity contribution is -0.131. The fraction of sp³-hybridized carbons (Fsp3) is 0.0800. The van der Waals surface area contributed by atoms with Crippen LogP contribution in [0.1, 0.15) is 21.5 Å². The predicted octanol–water partition coefficient (Wildman–Crippen LogP) is 4.00. The number of nitrogens with zero attached hydrogens (tertiary/aromatic N) is 1. The molecule has 4 rings (SSSR count). The Morgan fingerprint density at radius 2 is 1.72 bits per heavy atom. The molecule has 32 heavy (non-hydrogen) atoms. The van der Waals surface area contributed by atoms with Crippen LogP contribution in [0.2, 0.25) is 0 Å². The van der Waals surface area contributed by atoms with Crippen molar-refractivity contribution in [3.05, 3.63) is 106 Å². The minimum absolute atomic E-state index is 0.145. The Hall–Kier alpha value is -4.39. The van der Waals surface area contributed by atoms with Crippen molar-refractivity contribution in [2.45, 2.75) is 6.54 Å². The monoisotopic (exact) mass is 429 g/mol. The van der Waals surface area contributed by atoms with Crippen LogP contribution in [0.4, 0.5) is 0 Å². The molecule has 1 aromatic heterocycles. The molecule has 4 aromatic rings. The summed E-state index contributed by atoms with van der Waals surface area (Å²) in [5.41, 5.74) is 2.66. The van der Waals surface area contributed by atoms with E-state index in [1.165, 1.54) is 10.6 Å². The lowest BCUT2D eigenvalue weighted by atomic mass is 10.0. The number of hydrogen-bond donors (Lipinski definition) is 1. The third-order valence-electron chi connectivity index (χ3n) is 4.85. The Bertz CT molecular complexity index is 1350. The number of aromatic nitrogens is 1. The van der Waals surface area contributed by atoms with Gasteiger partial charge in [-0.15, -0.1) is 0 Å². The number of carboxylic acids is 1. The van der Waals surface area contributed by atoms with E-state index in [9.17, 15) is 14.4 Å². The number of hydrogen-bond acceptors (Lipinski definition) is 5. The Morgan fingerprint density at radius 3 is 2.44 bits per heavy atom. The van der Waals surface area contributed by atoms with E-state index >= 15 is 0 Å². The van der Waals surface area contributed by atoms with Gasteiger partial charge in [0.2, 0.25) is 0 Å². The van der Waals surface area contributed by atoms with Crippen LogP contribution in [0, 0.1) is 0 Å². The van der Waals surface area contributed by atoms with Gasteiger partial charge in [-0.25, -0.2) is 9.59 Å². The highest BCUT2D eigenvalue weighted by molar-refractivity contribution is 6.10. The minimum Gasteiger partial charge on any atom is -0.492 e. The van der Waals surface area contributed by atoms with Crippen molar-refractivity contribution in [2.75, 3.05) is 6.61 Å². The van der Waals surface area contributed by atoms with E-state index in [-0.39, 0.29) is 18.9 Å². The SMILES string of the molecule is O=C(O)/C=C/c1ccc(OCCn2c(=O)oc3cc(C(=O)c4ccccc4)ccc32)cc1. The summed E-state index contributed by atoms with van der Waals surface area (Å²) < 4.78 is 12.5. The highest BCUT2D eigenvalue weighted by Crippen LogP contribution is 2.18. The first kappa shape index (κ1) is 20.9. The van der Waals surface area contributed by atoms with Crippen molar-refractivity contribution in [3.8, 4) is 5.75 Å². The maximum atomic E-state index is 12.6. The van der Waals surface area contributed by atoms with Gasteiger partial charge in [0, 0.05) is 17.2 Å². The summed E-state index contributed by atoms with van der Waals surface area (Å²) >= 11 is 0. The second-order valence-corrected chi connectivity index (χ2v) is 6.99. The first-order valence-electron chi connectivity index (χ1n) is 9.88. The molecular formula is C25H19NO6. The predicted molar refractivity (Wildman–Crippen MR) is 119 cm³/mol. The number of carbonyl (C=O) groups is 2. The molecular weight excluding hydrogens is 410 g/mol. The van der Waals surface area contributed by atoms with E-state index in [0.29, 0.717) is 28.0 Å². The molecule has 0 aliphatic carbocycles. The number of carbonyl (C=O) groups excluding carboxylic acids is 1. The molecule has 1 heterocycles. The van der Waals surface area contributed by atoms with Gasteiger partial charge in [0.15, 0.2) is 11.4 Å². The second kappa shape index (κ2) is 9.18. The number of oxazole rings is 1. The van der Waals surface area contributed by atoms with Gasteiger partial charge in [-0.3, -0.25) is 9.36 Å². The first-order chi connectivity index (χ1) is 15.5. The molecule has 160 valence electrons. The van der Waals surface area contributed by atoms with Gasteiger partial charge in [0.1, 0.15) is 12.4 Å². The Kier molecular flexibility index (Phi) is 5.98. The standard InChI is InChI=1S/C25H19NO6/c27-23(28)13-8-17-6-10-20(11-7-17)31-15-14-26-21-12-9-19(16-22(21)32-25(26)30)24(29)18-4-2-1-3-5-18/h1-13,16H,14-15H2,(H,27,28)/b13-8+. The molecule has 7 nitrogen and oxygen atoms in total. The molecule has 0 unspecified atom stereocenters. The Morgan fingerprint density at radius 1 is 0.969 bits per heavy atom. The molecule has 0 saturated heterocycles. The van der Waals surface area contributed by atoms with Crippen LogP contribution >= 0.6 is 0 Å². The van der Waals surface area contributed by atoms with Gasteiger partial charge < -0.3 is 14.3 Å². The fourth-order valence-corrected chi connectivity index (χ4v) is 3.27. The van der Waals surface area contributed by atoms with Gasteiger partial charge in [-0.2, -0.15) is 0 Å². The lowest BCUT2D eigenvalue weighted by Crippen LogP contribution is -2.18. The van der Waals surface area contributed by atoms with E-state index in [4.69, 9.17) is 14.3 Å². The van der Waals surface area contributed by atoms with E-state index in [1.54, 1.807) is 66.7 Å². The molecule has 0 radical (unpaired) electrons. The van der Waals surface area contributed by atoms with Gasteiger partial charge in [0.25, 0.3) is 0 Å². The number of fused-ring (bicyclic) bond motifs is 1. The van der Waals surface area contributed by atoms with Gasteiger partial charge in [0.05, 0.1) is 12.1 Å². The van der Waals surface area contributed by atoms with Crippen LogP contribution in [-0.4, -0.2) is 28.0 Å². The normalized spacial score (nSPS) is 11.1.